The van der Waals surface area contributed by atoms with Gasteiger partial charge in [0.1, 0.15) is 6.04 Å². The number of hydrogen-bond acceptors (Lipinski definition) is 3. The van der Waals surface area contributed by atoms with Crippen molar-refractivity contribution in [3.05, 3.63) is 57.8 Å². The molecule has 0 spiro atoms. The zero-order valence-corrected chi connectivity index (χ0v) is 17.9. The Labute approximate surface area is 177 Å². The lowest BCUT2D eigenvalue weighted by molar-refractivity contribution is -0.141. The summed E-state index contributed by atoms with van der Waals surface area (Å²) in [6.45, 7) is 2.13. The fourth-order valence-corrected chi connectivity index (χ4v) is 4.98. The molecule has 1 atom stereocenters. The Morgan fingerprint density at radius 2 is 1.83 bits per heavy atom. The minimum atomic E-state index is -0.540. The highest BCUT2D eigenvalue weighted by atomic mass is 32.1. The number of carbonyl (C=O) groups excluding carboxylic acids is 2. The van der Waals surface area contributed by atoms with Crippen molar-refractivity contribution in [1.29, 1.82) is 0 Å². The molecule has 0 unspecified atom stereocenters. The van der Waals surface area contributed by atoms with Crippen LogP contribution in [-0.2, 0) is 22.4 Å². The van der Waals surface area contributed by atoms with E-state index in [-0.39, 0.29) is 23.9 Å². The third kappa shape index (κ3) is 4.89. The van der Waals surface area contributed by atoms with Gasteiger partial charge in [-0.2, -0.15) is 0 Å². The molecule has 2 amide bonds. The summed E-state index contributed by atoms with van der Waals surface area (Å²) in [5.41, 5.74) is 2.16. The van der Waals surface area contributed by atoms with Crippen LogP contribution in [0.25, 0.3) is 0 Å². The van der Waals surface area contributed by atoms with Gasteiger partial charge in [-0.25, -0.2) is 0 Å². The molecule has 2 aliphatic rings. The summed E-state index contributed by atoms with van der Waals surface area (Å²) in [4.78, 5) is 29.7. The number of carbonyl (C=O) groups is 2. The van der Waals surface area contributed by atoms with Crippen LogP contribution in [0.3, 0.4) is 0 Å². The summed E-state index contributed by atoms with van der Waals surface area (Å²) in [6.07, 6.45) is 7.72. The van der Waals surface area contributed by atoms with Crippen LogP contribution >= 0.6 is 11.3 Å². The van der Waals surface area contributed by atoms with Crippen LogP contribution in [0.15, 0.2) is 41.8 Å². The summed E-state index contributed by atoms with van der Waals surface area (Å²) in [5.74, 6) is 0.0358. The van der Waals surface area contributed by atoms with Crippen molar-refractivity contribution in [3.8, 4) is 0 Å². The Balaban J connectivity index is 1.62. The zero-order valence-electron chi connectivity index (χ0n) is 17.1. The summed E-state index contributed by atoms with van der Waals surface area (Å²) in [7, 11) is 0. The van der Waals surface area contributed by atoms with Gasteiger partial charge in [0.25, 0.3) is 0 Å². The number of rotatable bonds is 8. The summed E-state index contributed by atoms with van der Waals surface area (Å²) in [5, 5.41) is 5.25. The summed E-state index contributed by atoms with van der Waals surface area (Å²) < 4.78 is 0. The fraction of sp³-hybridized carbons (Fsp3) is 0.500. The van der Waals surface area contributed by atoms with Gasteiger partial charge in [-0.05, 0) is 54.7 Å². The second kappa shape index (κ2) is 9.12. The van der Waals surface area contributed by atoms with Gasteiger partial charge in [-0.1, -0.05) is 50.1 Å². The van der Waals surface area contributed by atoms with Crippen LogP contribution in [0.1, 0.15) is 67.5 Å². The van der Waals surface area contributed by atoms with Crippen LogP contribution in [-0.4, -0.2) is 28.8 Å². The number of benzene rings is 1. The van der Waals surface area contributed by atoms with E-state index in [1.165, 1.54) is 18.4 Å². The van der Waals surface area contributed by atoms with Gasteiger partial charge in [-0.3, -0.25) is 9.59 Å². The Morgan fingerprint density at radius 1 is 1.10 bits per heavy atom. The number of hydrogen-bond donors (Lipinski definition) is 1. The maximum absolute atomic E-state index is 13.4. The molecule has 1 aromatic carbocycles. The van der Waals surface area contributed by atoms with E-state index in [0.717, 1.165) is 42.5 Å². The lowest BCUT2D eigenvalue weighted by atomic mass is 10.00. The molecule has 2 saturated carbocycles. The average Bonchev–Trinajstić information content (AvgIpc) is 3.18. The topological polar surface area (TPSA) is 49.4 Å². The standard InChI is InChI=1S/C24H30N2O2S/c1-2-17-9-11-18(12-10-17)23(24(28)25-19-6-3-4-7-19)26(20-13-14-20)22(27)16-21-8-5-15-29-21/h5,8-12,15,19-20,23H,2-4,6-7,13-14,16H2,1H3,(H,25,28)/t23-/m1/s1. The van der Waals surface area contributed by atoms with Crippen molar-refractivity contribution in [2.45, 2.75) is 76.4 Å². The molecule has 0 bridgehead atoms. The molecule has 1 aromatic heterocycles. The van der Waals surface area contributed by atoms with Crippen LogP contribution < -0.4 is 5.32 Å². The van der Waals surface area contributed by atoms with Crippen LogP contribution in [0.2, 0.25) is 0 Å². The molecule has 4 nitrogen and oxygen atoms in total. The number of aryl methyl sites for hydroxylation is 1. The minimum Gasteiger partial charge on any atom is -0.351 e. The Bertz CT molecular complexity index is 821. The minimum absolute atomic E-state index is 0.0208. The van der Waals surface area contributed by atoms with Gasteiger partial charge < -0.3 is 10.2 Å². The highest BCUT2D eigenvalue weighted by molar-refractivity contribution is 7.10. The van der Waals surface area contributed by atoms with E-state index >= 15 is 0 Å². The molecule has 0 aliphatic heterocycles. The van der Waals surface area contributed by atoms with Crippen molar-refractivity contribution in [2.75, 3.05) is 0 Å². The largest absolute Gasteiger partial charge is 0.351 e. The van der Waals surface area contributed by atoms with E-state index in [9.17, 15) is 9.59 Å². The molecule has 1 heterocycles. The van der Waals surface area contributed by atoms with E-state index in [1.54, 1.807) is 11.3 Å². The Kier molecular flexibility index (Phi) is 6.34. The molecule has 29 heavy (non-hydrogen) atoms. The van der Waals surface area contributed by atoms with Gasteiger partial charge >= 0.3 is 0 Å². The molecular formula is C24H30N2O2S. The number of thiophene rings is 1. The maximum atomic E-state index is 13.4. The predicted molar refractivity (Wildman–Crippen MR) is 117 cm³/mol. The van der Waals surface area contributed by atoms with E-state index in [2.05, 4.69) is 24.4 Å². The second-order valence-electron chi connectivity index (χ2n) is 8.28. The van der Waals surface area contributed by atoms with E-state index in [0.29, 0.717) is 6.42 Å². The molecule has 0 radical (unpaired) electrons. The van der Waals surface area contributed by atoms with Crippen LogP contribution in [0.4, 0.5) is 0 Å². The fourth-order valence-electron chi connectivity index (χ4n) is 4.29. The predicted octanol–water partition coefficient (Wildman–Crippen LogP) is 4.64. The van der Waals surface area contributed by atoms with Crippen molar-refractivity contribution >= 4 is 23.2 Å². The van der Waals surface area contributed by atoms with Gasteiger partial charge in [0.05, 0.1) is 6.42 Å². The highest BCUT2D eigenvalue weighted by Gasteiger charge is 2.41. The van der Waals surface area contributed by atoms with Crippen molar-refractivity contribution in [1.82, 2.24) is 10.2 Å². The summed E-state index contributed by atoms with van der Waals surface area (Å²) in [6, 6.07) is 12.1. The molecule has 5 heteroatoms. The van der Waals surface area contributed by atoms with Gasteiger partial charge in [-0.15, -0.1) is 11.3 Å². The van der Waals surface area contributed by atoms with Crippen molar-refractivity contribution < 1.29 is 9.59 Å². The maximum Gasteiger partial charge on any atom is 0.247 e. The molecule has 0 saturated heterocycles. The zero-order chi connectivity index (χ0) is 20.2. The first-order valence-electron chi connectivity index (χ1n) is 10.9. The monoisotopic (exact) mass is 410 g/mol. The molecule has 2 aliphatic carbocycles. The lowest BCUT2D eigenvalue weighted by Gasteiger charge is -2.32. The Hall–Kier alpha value is -2.14. The summed E-state index contributed by atoms with van der Waals surface area (Å²) >= 11 is 1.60. The molecular weight excluding hydrogens is 380 g/mol. The van der Waals surface area contributed by atoms with Crippen LogP contribution in [0.5, 0.6) is 0 Å². The first-order valence-corrected chi connectivity index (χ1v) is 11.8. The lowest BCUT2D eigenvalue weighted by Crippen LogP contribution is -2.47. The van der Waals surface area contributed by atoms with Crippen molar-refractivity contribution in [2.24, 2.45) is 0 Å². The smallest absolute Gasteiger partial charge is 0.247 e. The molecule has 4 rings (SSSR count). The van der Waals surface area contributed by atoms with Gasteiger partial charge in [0, 0.05) is 17.0 Å². The average molecular weight is 411 g/mol. The molecule has 1 N–H and O–H groups in total. The number of nitrogens with one attached hydrogen (secondary N) is 1. The second-order valence-corrected chi connectivity index (χ2v) is 9.31. The van der Waals surface area contributed by atoms with Crippen LogP contribution in [0, 0.1) is 0 Å². The first-order chi connectivity index (χ1) is 14.2. The normalized spacial score (nSPS) is 17.8. The molecule has 2 fully saturated rings. The number of amides is 2. The first kappa shape index (κ1) is 20.1. The van der Waals surface area contributed by atoms with E-state index in [1.807, 2.05) is 34.5 Å². The SMILES string of the molecule is CCc1ccc([C@H](C(=O)NC2CCCC2)N(C(=O)Cc2cccs2)C2CC2)cc1. The quantitative estimate of drug-likeness (QED) is 0.689. The third-order valence-corrected chi connectivity index (χ3v) is 6.94. The van der Waals surface area contributed by atoms with E-state index < -0.39 is 6.04 Å². The molecule has 154 valence electrons. The van der Waals surface area contributed by atoms with E-state index in [4.69, 9.17) is 0 Å². The molecule has 2 aromatic rings. The Morgan fingerprint density at radius 3 is 2.41 bits per heavy atom. The highest BCUT2D eigenvalue weighted by Crippen LogP contribution is 2.36. The van der Waals surface area contributed by atoms with Crippen molar-refractivity contribution in [3.63, 3.8) is 0 Å². The number of nitrogens with zero attached hydrogens (tertiary/aromatic N) is 1. The van der Waals surface area contributed by atoms with Gasteiger partial charge in [0.2, 0.25) is 11.8 Å². The van der Waals surface area contributed by atoms with Gasteiger partial charge in [0.15, 0.2) is 0 Å². The third-order valence-electron chi connectivity index (χ3n) is 6.07.